The van der Waals surface area contributed by atoms with E-state index in [1.54, 1.807) is 19.1 Å². The normalized spacial score (nSPS) is 18.2. The second kappa shape index (κ2) is 9.23. The Kier molecular flexibility index (Phi) is 7.28. The fourth-order valence-electron chi connectivity index (χ4n) is 2.92. The molecule has 2 atom stereocenters. The summed E-state index contributed by atoms with van der Waals surface area (Å²) in [5.74, 6) is 0.0316. The first-order chi connectivity index (χ1) is 12.3. The highest BCUT2D eigenvalue weighted by Crippen LogP contribution is 2.25. The highest BCUT2D eigenvalue weighted by atomic mass is 19.4. The molecule has 1 fully saturated rings. The Balaban J connectivity index is 1.97. The lowest BCUT2D eigenvalue weighted by Crippen LogP contribution is -2.58. The van der Waals surface area contributed by atoms with Gasteiger partial charge in [-0.05, 0) is 25.0 Å². The molecule has 1 aliphatic heterocycles. The summed E-state index contributed by atoms with van der Waals surface area (Å²) in [5, 5.41) is 5.46. The lowest BCUT2D eigenvalue weighted by molar-refractivity contribution is -0.184. The Morgan fingerprint density at radius 2 is 1.96 bits per heavy atom. The third-order valence-electron chi connectivity index (χ3n) is 4.47. The molecule has 0 spiro atoms. The first kappa shape index (κ1) is 20.5. The minimum Gasteiger partial charge on any atom is -0.480 e. The van der Waals surface area contributed by atoms with Gasteiger partial charge in [-0.25, -0.2) is 0 Å². The largest absolute Gasteiger partial charge is 0.480 e. The van der Waals surface area contributed by atoms with Gasteiger partial charge in [0, 0.05) is 32.7 Å². The Bertz CT molecular complexity index is 589. The predicted molar refractivity (Wildman–Crippen MR) is 93.2 cm³/mol. The van der Waals surface area contributed by atoms with Gasteiger partial charge in [0.2, 0.25) is 0 Å². The molecule has 26 heavy (non-hydrogen) atoms. The topological polar surface area (TPSA) is 53.6 Å². The Hall–Kier alpha value is -1.80. The molecule has 5 nitrogen and oxygen atoms in total. The van der Waals surface area contributed by atoms with Gasteiger partial charge in [-0.3, -0.25) is 9.69 Å². The third kappa shape index (κ3) is 5.60. The van der Waals surface area contributed by atoms with Crippen molar-refractivity contribution in [2.75, 3.05) is 32.7 Å². The van der Waals surface area contributed by atoms with Crippen molar-refractivity contribution >= 4 is 5.91 Å². The van der Waals surface area contributed by atoms with E-state index in [1.807, 2.05) is 19.1 Å². The number of hydrogen-bond donors (Lipinski definition) is 2. The number of rotatable bonds is 7. The zero-order valence-electron chi connectivity index (χ0n) is 15.1. The average Bonchev–Trinajstić information content (AvgIpc) is 2.61. The van der Waals surface area contributed by atoms with Gasteiger partial charge in [-0.15, -0.1) is 0 Å². The molecule has 1 aromatic rings. The van der Waals surface area contributed by atoms with Crippen LogP contribution < -0.4 is 15.4 Å². The maximum Gasteiger partial charge on any atom is 0.405 e. The number of nitrogens with one attached hydrogen (secondary N) is 2. The molecule has 0 aromatic heterocycles. The van der Waals surface area contributed by atoms with E-state index in [-0.39, 0.29) is 0 Å². The van der Waals surface area contributed by atoms with Gasteiger partial charge in [0.25, 0.3) is 5.91 Å². The molecule has 1 amide bonds. The molecule has 146 valence electrons. The van der Waals surface area contributed by atoms with Crippen molar-refractivity contribution in [1.82, 2.24) is 15.5 Å². The summed E-state index contributed by atoms with van der Waals surface area (Å²) in [7, 11) is 0. The van der Waals surface area contributed by atoms with Gasteiger partial charge in [0.05, 0.1) is 0 Å². The van der Waals surface area contributed by atoms with E-state index in [1.165, 1.54) is 4.90 Å². The van der Waals surface area contributed by atoms with E-state index >= 15 is 0 Å². The van der Waals surface area contributed by atoms with E-state index in [9.17, 15) is 18.0 Å². The summed E-state index contributed by atoms with van der Waals surface area (Å²) in [6.45, 7) is 4.76. The number of piperazine rings is 1. The van der Waals surface area contributed by atoms with Crippen LogP contribution in [0.2, 0.25) is 0 Å². The summed E-state index contributed by atoms with van der Waals surface area (Å²) >= 11 is 0. The zero-order valence-corrected chi connectivity index (χ0v) is 15.1. The van der Waals surface area contributed by atoms with E-state index in [4.69, 9.17) is 4.74 Å². The number of nitrogens with zero attached hydrogens (tertiary/aromatic N) is 1. The van der Waals surface area contributed by atoms with Crippen LogP contribution >= 0.6 is 0 Å². The van der Waals surface area contributed by atoms with Crippen LogP contribution in [0.25, 0.3) is 0 Å². The number of hydrogen-bond acceptors (Lipinski definition) is 4. The van der Waals surface area contributed by atoms with Crippen molar-refractivity contribution in [3.05, 3.63) is 29.8 Å². The van der Waals surface area contributed by atoms with Crippen LogP contribution in [0, 0.1) is 6.92 Å². The number of ether oxygens (including phenoxy) is 1. The van der Waals surface area contributed by atoms with E-state index in [0.29, 0.717) is 38.3 Å². The molecule has 0 radical (unpaired) electrons. The lowest BCUT2D eigenvalue weighted by Gasteiger charge is -2.36. The lowest BCUT2D eigenvalue weighted by atomic mass is 10.2. The molecule has 2 unspecified atom stereocenters. The van der Waals surface area contributed by atoms with Gasteiger partial charge >= 0.3 is 6.18 Å². The van der Waals surface area contributed by atoms with Crippen molar-refractivity contribution < 1.29 is 22.7 Å². The molecule has 1 aliphatic rings. The monoisotopic (exact) mass is 373 g/mol. The fourth-order valence-corrected chi connectivity index (χ4v) is 2.92. The van der Waals surface area contributed by atoms with Crippen molar-refractivity contribution in [3.63, 3.8) is 0 Å². The van der Waals surface area contributed by atoms with Crippen molar-refractivity contribution in [2.45, 2.75) is 38.6 Å². The SMILES string of the molecule is CCC(Oc1ccccc1C)C(=O)NCC(N1CCNCC1)C(F)(F)F. The highest BCUT2D eigenvalue weighted by molar-refractivity contribution is 5.81. The van der Waals surface area contributed by atoms with Crippen LogP contribution in [0.15, 0.2) is 24.3 Å². The summed E-state index contributed by atoms with van der Waals surface area (Å²) in [5.41, 5.74) is 0.868. The van der Waals surface area contributed by atoms with Crippen LogP contribution in [-0.4, -0.2) is 61.9 Å². The minimum atomic E-state index is -4.40. The third-order valence-corrected chi connectivity index (χ3v) is 4.47. The van der Waals surface area contributed by atoms with Crippen LogP contribution in [0.3, 0.4) is 0 Å². The summed E-state index contributed by atoms with van der Waals surface area (Å²) in [6, 6.07) is 5.54. The molecule has 1 aromatic carbocycles. The summed E-state index contributed by atoms with van der Waals surface area (Å²) in [6.07, 6.45) is -4.86. The maximum absolute atomic E-state index is 13.4. The minimum absolute atomic E-state index is 0.303. The van der Waals surface area contributed by atoms with E-state index in [2.05, 4.69) is 10.6 Å². The van der Waals surface area contributed by atoms with Gasteiger partial charge in [-0.2, -0.15) is 13.2 Å². The average molecular weight is 373 g/mol. The van der Waals surface area contributed by atoms with Crippen LogP contribution in [0.4, 0.5) is 13.2 Å². The van der Waals surface area contributed by atoms with Crippen molar-refractivity contribution in [1.29, 1.82) is 0 Å². The molecule has 8 heteroatoms. The number of alkyl halides is 3. The van der Waals surface area contributed by atoms with Crippen LogP contribution in [0.1, 0.15) is 18.9 Å². The van der Waals surface area contributed by atoms with Gasteiger partial charge in [0.15, 0.2) is 6.10 Å². The molecule has 2 rings (SSSR count). The van der Waals surface area contributed by atoms with Gasteiger partial charge in [0.1, 0.15) is 11.8 Å². The molecule has 2 N–H and O–H groups in total. The standard InChI is InChI=1S/C18H26F3N3O2/c1-3-14(26-15-7-5-4-6-13(15)2)17(25)23-12-16(18(19,20)21)24-10-8-22-9-11-24/h4-7,14,16,22H,3,8-12H2,1-2H3,(H,23,25). The molecule has 1 heterocycles. The second-order valence-corrected chi connectivity index (χ2v) is 6.37. The molecular formula is C18H26F3N3O2. The molecule has 0 bridgehead atoms. The first-order valence-corrected chi connectivity index (χ1v) is 8.84. The summed E-state index contributed by atoms with van der Waals surface area (Å²) in [4.78, 5) is 13.7. The van der Waals surface area contributed by atoms with Gasteiger partial charge in [-0.1, -0.05) is 25.1 Å². The van der Waals surface area contributed by atoms with Crippen LogP contribution in [-0.2, 0) is 4.79 Å². The number of aryl methyl sites for hydroxylation is 1. The number of amides is 1. The Morgan fingerprint density at radius 1 is 1.31 bits per heavy atom. The van der Waals surface area contributed by atoms with Crippen molar-refractivity contribution in [2.24, 2.45) is 0 Å². The van der Waals surface area contributed by atoms with E-state index in [0.717, 1.165) is 5.56 Å². The summed E-state index contributed by atoms with van der Waals surface area (Å²) < 4.78 is 45.9. The zero-order chi connectivity index (χ0) is 19.2. The molecule has 1 saturated heterocycles. The fraction of sp³-hybridized carbons (Fsp3) is 0.611. The number of para-hydroxylation sites is 1. The Morgan fingerprint density at radius 3 is 2.54 bits per heavy atom. The van der Waals surface area contributed by atoms with Gasteiger partial charge < -0.3 is 15.4 Å². The highest BCUT2D eigenvalue weighted by Gasteiger charge is 2.44. The first-order valence-electron chi connectivity index (χ1n) is 8.84. The molecule has 0 saturated carbocycles. The Labute approximate surface area is 151 Å². The predicted octanol–water partition coefficient (Wildman–Crippen LogP) is 2.10. The maximum atomic E-state index is 13.4. The quantitative estimate of drug-likeness (QED) is 0.769. The number of benzene rings is 1. The molecule has 0 aliphatic carbocycles. The number of halogens is 3. The smallest absolute Gasteiger partial charge is 0.405 e. The molecular weight excluding hydrogens is 347 g/mol. The van der Waals surface area contributed by atoms with E-state index < -0.39 is 30.8 Å². The number of carbonyl (C=O) groups excluding carboxylic acids is 1. The van der Waals surface area contributed by atoms with Crippen LogP contribution in [0.5, 0.6) is 5.75 Å². The number of carbonyl (C=O) groups is 1. The second-order valence-electron chi connectivity index (χ2n) is 6.37. The van der Waals surface area contributed by atoms with Crippen molar-refractivity contribution in [3.8, 4) is 5.75 Å².